The Hall–Kier alpha value is -1.18. The minimum Gasteiger partial charge on any atom is -0.355 e. The molecule has 2 saturated heterocycles. The zero-order valence-electron chi connectivity index (χ0n) is 22.4. The largest absolute Gasteiger partial charge is 0.355 e. The molecule has 0 bridgehead atoms. The monoisotopic (exact) mass is 679 g/mol. The van der Waals surface area contributed by atoms with Crippen molar-refractivity contribution in [3.8, 4) is 0 Å². The van der Waals surface area contributed by atoms with Crippen LogP contribution >= 0.6 is 46.1 Å². The summed E-state index contributed by atoms with van der Waals surface area (Å²) in [5.74, 6) is 0.567. The Balaban J connectivity index is 0.00000195. The molecule has 12 heteroatoms. The summed E-state index contributed by atoms with van der Waals surface area (Å²) < 4.78 is 2.37. The highest BCUT2D eigenvalue weighted by Crippen LogP contribution is 2.28. The van der Waals surface area contributed by atoms with Crippen LogP contribution in [0, 0.1) is 0 Å². The van der Waals surface area contributed by atoms with Crippen molar-refractivity contribution in [1.82, 2.24) is 23.5 Å². The molecule has 0 unspecified atom stereocenters. The van der Waals surface area contributed by atoms with Gasteiger partial charge in [-0.3, -0.25) is 24.4 Å². The number of hydrogen-bond acceptors (Lipinski definition) is 7. The van der Waals surface area contributed by atoms with Gasteiger partial charge in [-0.15, -0.1) is 0 Å². The van der Waals surface area contributed by atoms with Gasteiger partial charge in [-0.2, -0.15) is 5.10 Å². The predicted molar refractivity (Wildman–Crippen MR) is 164 cm³/mol. The van der Waals surface area contributed by atoms with Gasteiger partial charge >= 0.3 is 0 Å². The van der Waals surface area contributed by atoms with Crippen LogP contribution in [0.25, 0.3) is 0 Å². The summed E-state index contributed by atoms with van der Waals surface area (Å²) in [7, 11) is 0. The molecule has 38 heavy (non-hydrogen) atoms. The molecule has 4 rings (SSSR count). The molecule has 212 valence electrons. The third kappa shape index (κ3) is 9.78. The topological polar surface area (TPSA) is 83.5 Å². The van der Waals surface area contributed by atoms with E-state index in [2.05, 4.69) is 51.5 Å². The fourth-order valence-electron chi connectivity index (χ4n) is 4.82. The van der Waals surface area contributed by atoms with E-state index in [1.165, 1.54) is 12.8 Å². The Kier molecular flexibility index (Phi) is 13.3. The average molecular weight is 680 g/mol. The lowest BCUT2D eigenvalue weighted by Gasteiger charge is -2.41. The first-order valence-corrected chi connectivity index (χ1v) is 15.3. The van der Waals surface area contributed by atoms with Crippen LogP contribution in [0.2, 0.25) is 10.0 Å². The molecule has 2 amide bonds. The highest BCUT2D eigenvalue weighted by Gasteiger charge is 2.27. The van der Waals surface area contributed by atoms with Gasteiger partial charge in [-0.25, -0.2) is 3.11 Å². The number of halogens is 3. The molecule has 2 N–H and O–H groups in total. The molecule has 1 aromatic carbocycles. The molecular formula is C26H40Cl2IN7O2. The van der Waals surface area contributed by atoms with Crippen molar-refractivity contribution in [3.05, 3.63) is 28.2 Å². The van der Waals surface area contributed by atoms with Gasteiger partial charge < -0.3 is 10.6 Å². The fourth-order valence-corrected chi connectivity index (χ4v) is 5.67. The number of piperazine rings is 1. The van der Waals surface area contributed by atoms with Gasteiger partial charge in [-0.1, -0.05) is 37.0 Å². The lowest BCUT2D eigenvalue weighted by molar-refractivity contribution is -0.123. The van der Waals surface area contributed by atoms with Gasteiger partial charge in [0, 0.05) is 94.1 Å². The number of piperidine rings is 1. The van der Waals surface area contributed by atoms with Crippen LogP contribution in [0.5, 0.6) is 0 Å². The first-order chi connectivity index (χ1) is 18.4. The van der Waals surface area contributed by atoms with Crippen molar-refractivity contribution in [2.24, 2.45) is 5.10 Å². The van der Waals surface area contributed by atoms with Crippen molar-refractivity contribution in [2.75, 3.05) is 63.9 Å². The van der Waals surface area contributed by atoms with Crippen molar-refractivity contribution in [1.29, 1.82) is 0 Å². The van der Waals surface area contributed by atoms with E-state index in [1.807, 2.05) is 19.9 Å². The van der Waals surface area contributed by atoms with Gasteiger partial charge in [0.25, 0.3) is 0 Å². The first kappa shape index (κ1) is 31.3. The Morgan fingerprint density at radius 2 is 1.71 bits per heavy atom. The number of anilines is 1. The molecule has 3 aliphatic heterocycles. The molecule has 9 nitrogen and oxygen atoms in total. The van der Waals surface area contributed by atoms with E-state index in [0.29, 0.717) is 60.8 Å². The summed E-state index contributed by atoms with van der Waals surface area (Å²) in [5, 5.41) is 13.1. The van der Waals surface area contributed by atoms with Crippen LogP contribution < -0.4 is 15.6 Å². The third-order valence-electron chi connectivity index (χ3n) is 6.89. The molecule has 1 aromatic rings. The standard InChI is InChI=1S/C24H34Cl2IN7O2.C2H6/c25-20-4-3-19(16-21(20)26)34-11-7-22(30-34)29-23(35)2-1-8-28-24(36)17-31-12-14-32(15-13-31)18-5-9-33(27)10-6-18;1-2/h3-4,16,18H,1-2,5-15,17H2,(H,28,36)(H,29,30,35);1-2H3. The smallest absolute Gasteiger partial charge is 0.234 e. The number of carbonyl (C=O) groups excluding carboxylic acids is 2. The number of hydrazone groups is 1. The summed E-state index contributed by atoms with van der Waals surface area (Å²) in [4.78, 5) is 29.5. The van der Waals surface area contributed by atoms with Gasteiger partial charge in [0.1, 0.15) is 5.84 Å². The van der Waals surface area contributed by atoms with Crippen molar-refractivity contribution >= 4 is 69.4 Å². The number of rotatable bonds is 8. The molecule has 3 heterocycles. The summed E-state index contributed by atoms with van der Waals surface area (Å²) in [6.45, 7) is 11.8. The van der Waals surface area contributed by atoms with Gasteiger partial charge in [0.05, 0.1) is 22.3 Å². The van der Waals surface area contributed by atoms with Crippen molar-refractivity contribution < 1.29 is 9.59 Å². The van der Waals surface area contributed by atoms with Crippen molar-refractivity contribution in [3.63, 3.8) is 0 Å². The maximum atomic E-state index is 12.4. The Morgan fingerprint density at radius 1 is 1.00 bits per heavy atom. The Bertz CT molecular complexity index is 952. The van der Waals surface area contributed by atoms with E-state index in [9.17, 15) is 9.59 Å². The number of carbonyl (C=O) groups is 2. The molecule has 0 aromatic heterocycles. The molecule has 0 atom stereocenters. The summed E-state index contributed by atoms with van der Waals surface area (Å²) in [6.07, 6.45) is 4.04. The number of hydrogen-bond donors (Lipinski definition) is 2. The minimum atomic E-state index is -0.0940. The van der Waals surface area contributed by atoms with E-state index in [1.54, 1.807) is 17.1 Å². The lowest BCUT2D eigenvalue weighted by atomic mass is 10.0. The lowest BCUT2D eigenvalue weighted by Crippen LogP contribution is -2.54. The molecule has 0 aliphatic carbocycles. The van der Waals surface area contributed by atoms with Gasteiger partial charge in [0.15, 0.2) is 0 Å². The fraction of sp³-hybridized carbons (Fsp3) is 0.654. The van der Waals surface area contributed by atoms with E-state index in [0.717, 1.165) is 45.0 Å². The number of benzene rings is 1. The number of nitrogens with zero attached hydrogens (tertiary/aromatic N) is 5. The SMILES string of the molecule is CC.O=C(CN1CCN(C2CCN(I)CC2)CC1)NCCCC(=O)NC1=NN(c2ccc(Cl)c(Cl)c2)CC1. The van der Waals surface area contributed by atoms with Crippen LogP contribution in [0.4, 0.5) is 5.69 Å². The first-order valence-electron chi connectivity index (χ1n) is 13.6. The molecule has 0 saturated carbocycles. The Morgan fingerprint density at radius 3 is 2.39 bits per heavy atom. The zero-order chi connectivity index (χ0) is 27.5. The van der Waals surface area contributed by atoms with Crippen LogP contribution in [-0.2, 0) is 9.59 Å². The third-order valence-corrected chi connectivity index (χ3v) is 8.59. The molecule has 2 fully saturated rings. The van der Waals surface area contributed by atoms with Crippen LogP contribution in [0.3, 0.4) is 0 Å². The molecule has 0 radical (unpaired) electrons. The van der Waals surface area contributed by atoms with E-state index in [4.69, 9.17) is 23.2 Å². The number of amidine groups is 1. The second-order valence-electron chi connectivity index (χ2n) is 9.47. The second-order valence-corrected chi connectivity index (χ2v) is 11.7. The van der Waals surface area contributed by atoms with Crippen LogP contribution in [0.15, 0.2) is 23.3 Å². The van der Waals surface area contributed by atoms with Gasteiger partial charge in [-0.05, 0) is 37.5 Å². The normalized spacial score (nSPS) is 19.5. The number of nitrogens with one attached hydrogen (secondary N) is 2. The molecule has 0 spiro atoms. The van der Waals surface area contributed by atoms with Crippen LogP contribution in [-0.4, -0.2) is 95.5 Å². The Labute approximate surface area is 250 Å². The summed E-state index contributed by atoms with van der Waals surface area (Å²) in [5.41, 5.74) is 0.833. The quantitative estimate of drug-likeness (QED) is 0.246. The zero-order valence-corrected chi connectivity index (χ0v) is 26.1. The van der Waals surface area contributed by atoms with E-state index in [-0.39, 0.29) is 11.8 Å². The minimum absolute atomic E-state index is 0.0273. The highest BCUT2D eigenvalue weighted by atomic mass is 127. The number of amides is 2. The molecular weight excluding hydrogens is 640 g/mol. The van der Waals surface area contributed by atoms with Gasteiger partial charge in [0.2, 0.25) is 11.8 Å². The maximum absolute atomic E-state index is 12.4. The predicted octanol–water partition coefficient (Wildman–Crippen LogP) is 3.99. The highest BCUT2D eigenvalue weighted by molar-refractivity contribution is 14.1. The molecule has 3 aliphatic rings. The van der Waals surface area contributed by atoms with Crippen molar-refractivity contribution in [2.45, 2.75) is 52.0 Å². The van der Waals surface area contributed by atoms with E-state index >= 15 is 0 Å². The summed E-state index contributed by atoms with van der Waals surface area (Å²) >= 11 is 14.5. The van der Waals surface area contributed by atoms with E-state index < -0.39 is 0 Å². The van der Waals surface area contributed by atoms with Crippen LogP contribution in [0.1, 0.15) is 46.0 Å². The second kappa shape index (κ2) is 16.2. The summed E-state index contributed by atoms with van der Waals surface area (Å²) in [6, 6.07) is 6.03. The average Bonchev–Trinajstić information content (AvgIpc) is 3.39. The maximum Gasteiger partial charge on any atom is 0.234 e.